The monoisotopic (exact) mass is 351 g/mol. The van der Waals surface area contributed by atoms with Crippen LogP contribution in [0.25, 0.3) is 0 Å². The maximum atomic E-state index is 10.6. The number of aliphatic carboxylic acids is 1. The Balaban J connectivity index is 4.69. The molecular formula is C8H17NO10S2. The lowest BCUT2D eigenvalue weighted by Crippen LogP contribution is -2.44. The number of carbonyl (C=O) groups is 1. The van der Waals surface area contributed by atoms with E-state index in [-0.39, 0.29) is 0 Å². The molecule has 0 amide bonds. The second-order valence-electron chi connectivity index (χ2n) is 4.39. The molecule has 0 aliphatic rings. The zero-order chi connectivity index (χ0) is 16.8. The van der Waals surface area contributed by atoms with E-state index in [4.69, 9.17) is 14.2 Å². The molecule has 126 valence electrons. The van der Waals surface area contributed by atoms with Crippen LogP contribution in [0.1, 0.15) is 0 Å². The van der Waals surface area contributed by atoms with E-state index in [1.54, 1.807) is 0 Å². The molecule has 5 N–H and O–H groups in total. The van der Waals surface area contributed by atoms with Gasteiger partial charge in [-0.2, -0.15) is 16.8 Å². The molecule has 2 unspecified atom stereocenters. The van der Waals surface area contributed by atoms with Crippen LogP contribution in [0, 0.1) is 0 Å². The van der Waals surface area contributed by atoms with Gasteiger partial charge in [0.05, 0.1) is 18.8 Å². The van der Waals surface area contributed by atoms with Gasteiger partial charge in [-0.15, -0.1) is 0 Å². The maximum absolute atomic E-state index is 10.6. The van der Waals surface area contributed by atoms with Crippen LogP contribution < -0.4 is 0 Å². The fourth-order valence-electron chi connectivity index (χ4n) is 1.58. The van der Waals surface area contributed by atoms with E-state index < -0.39 is 69.6 Å². The Labute approximate surface area is 121 Å². The van der Waals surface area contributed by atoms with Crippen molar-refractivity contribution in [1.82, 2.24) is 4.90 Å². The van der Waals surface area contributed by atoms with Gasteiger partial charge in [0, 0.05) is 13.1 Å². The highest BCUT2D eigenvalue weighted by Gasteiger charge is 2.23. The number of hydrogen-bond acceptors (Lipinski definition) is 8. The number of hydrogen-bond donors (Lipinski definition) is 5. The van der Waals surface area contributed by atoms with Gasteiger partial charge < -0.3 is 15.3 Å². The Hall–Kier alpha value is -0.830. The van der Waals surface area contributed by atoms with Gasteiger partial charge >= 0.3 is 5.97 Å². The summed E-state index contributed by atoms with van der Waals surface area (Å²) in [6.07, 6.45) is -3.28. The zero-order valence-corrected chi connectivity index (χ0v) is 12.4. The van der Waals surface area contributed by atoms with Crippen molar-refractivity contribution in [2.45, 2.75) is 12.2 Å². The summed E-state index contributed by atoms with van der Waals surface area (Å²) >= 11 is 0. The molecule has 0 radical (unpaired) electrons. The number of carboxylic acid groups (broad SMARTS) is 1. The van der Waals surface area contributed by atoms with E-state index in [1.807, 2.05) is 0 Å². The van der Waals surface area contributed by atoms with Crippen LogP contribution in [-0.2, 0) is 25.0 Å². The molecule has 0 heterocycles. The van der Waals surface area contributed by atoms with Crippen LogP contribution in [-0.4, -0.2) is 95.5 Å². The van der Waals surface area contributed by atoms with Gasteiger partial charge in [0.25, 0.3) is 20.2 Å². The Morgan fingerprint density at radius 3 is 1.48 bits per heavy atom. The molecule has 0 spiro atoms. The third kappa shape index (κ3) is 12.6. The number of aliphatic hydroxyl groups excluding tert-OH is 2. The van der Waals surface area contributed by atoms with Crippen molar-refractivity contribution >= 4 is 26.2 Å². The Morgan fingerprint density at radius 1 is 0.905 bits per heavy atom. The first-order valence-electron chi connectivity index (χ1n) is 5.49. The first-order chi connectivity index (χ1) is 9.28. The highest BCUT2D eigenvalue weighted by atomic mass is 32.2. The maximum Gasteiger partial charge on any atom is 0.317 e. The minimum Gasteiger partial charge on any atom is -0.480 e. The topological polar surface area (TPSA) is 190 Å². The van der Waals surface area contributed by atoms with Crippen LogP contribution in [0.3, 0.4) is 0 Å². The summed E-state index contributed by atoms with van der Waals surface area (Å²) in [5.74, 6) is -3.46. The van der Waals surface area contributed by atoms with Gasteiger partial charge in [0.15, 0.2) is 0 Å². The highest BCUT2D eigenvalue weighted by Crippen LogP contribution is 2.01. The van der Waals surface area contributed by atoms with E-state index >= 15 is 0 Å². The molecule has 0 rings (SSSR count). The number of aliphatic hydroxyl groups is 2. The van der Waals surface area contributed by atoms with Crippen molar-refractivity contribution in [1.29, 1.82) is 0 Å². The fraction of sp³-hybridized carbons (Fsp3) is 0.875. The summed E-state index contributed by atoms with van der Waals surface area (Å²) in [6.45, 7) is -1.81. The molecule has 0 aromatic heterocycles. The first kappa shape index (κ1) is 20.2. The molecule has 0 fully saturated rings. The number of nitrogens with zero attached hydrogens (tertiary/aromatic N) is 1. The predicted octanol–water partition coefficient (Wildman–Crippen LogP) is -3.13. The first-order valence-corrected chi connectivity index (χ1v) is 8.71. The lowest BCUT2D eigenvalue weighted by molar-refractivity contribution is -0.138. The van der Waals surface area contributed by atoms with Crippen molar-refractivity contribution in [2.75, 3.05) is 31.1 Å². The molecule has 0 saturated heterocycles. The van der Waals surface area contributed by atoms with Gasteiger partial charge in [-0.25, -0.2) is 0 Å². The quantitative estimate of drug-likeness (QED) is 0.250. The van der Waals surface area contributed by atoms with Gasteiger partial charge in [0.1, 0.15) is 11.5 Å². The fourth-order valence-corrected chi connectivity index (χ4v) is 2.77. The molecular weight excluding hydrogens is 334 g/mol. The normalized spacial score (nSPS) is 15.9. The molecule has 0 bridgehead atoms. The molecule has 0 aliphatic carbocycles. The SMILES string of the molecule is O=C(O)CN(CC(O)CS(=O)(=O)O)CC(O)CS(=O)(=O)O. The van der Waals surface area contributed by atoms with Crippen LogP contribution >= 0.6 is 0 Å². The second kappa shape index (κ2) is 7.98. The van der Waals surface area contributed by atoms with Crippen molar-refractivity contribution < 1.29 is 46.1 Å². The van der Waals surface area contributed by atoms with Crippen molar-refractivity contribution in [3.05, 3.63) is 0 Å². The number of rotatable bonds is 10. The largest absolute Gasteiger partial charge is 0.480 e. The van der Waals surface area contributed by atoms with Crippen LogP contribution in [0.2, 0.25) is 0 Å². The third-order valence-corrected chi connectivity index (χ3v) is 3.71. The van der Waals surface area contributed by atoms with Crippen LogP contribution in [0.4, 0.5) is 0 Å². The minimum absolute atomic E-state index is 0.547. The molecule has 2 atom stereocenters. The highest BCUT2D eigenvalue weighted by molar-refractivity contribution is 7.86. The van der Waals surface area contributed by atoms with E-state index in [2.05, 4.69) is 0 Å². The van der Waals surface area contributed by atoms with Crippen LogP contribution in [0.15, 0.2) is 0 Å². The Bertz CT molecular complexity index is 499. The van der Waals surface area contributed by atoms with Crippen molar-refractivity contribution in [3.63, 3.8) is 0 Å². The minimum atomic E-state index is -4.48. The van der Waals surface area contributed by atoms with E-state index in [0.29, 0.717) is 0 Å². The van der Waals surface area contributed by atoms with Crippen molar-refractivity contribution in [2.24, 2.45) is 0 Å². The van der Waals surface area contributed by atoms with E-state index in [9.17, 15) is 31.8 Å². The summed E-state index contributed by atoms with van der Waals surface area (Å²) in [6, 6.07) is 0. The van der Waals surface area contributed by atoms with E-state index in [0.717, 1.165) is 4.90 Å². The third-order valence-electron chi connectivity index (χ3n) is 2.10. The molecule has 0 aromatic carbocycles. The summed E-state index contributed by atoms with van der Waals surface area (Å²) in [7, 11) is -8.95. The molecule has 21 heavy (non-hydrogen) atoms. The van der Waals surface area contributed by atoms with E-state index in [1.165, 1.54) is 0 Å². The molecule has 0 aromatic rings. The summed E-state index contributed by atoms with van der Waals surface area (Å²) in [4.78, 5) is 11.5. The predicted molar refractivity (Wildman–Crippen MR) is 68.9 cm³/mol. The molecule has 11 nitrogen and oxygen atoms in total. The smallest absolute Gasteiger partial charge is 0.317 e. The summed E-state index contributed by atoms with van der Waals surface area (Å²) in [5.41, 5.74) is 0. The van der Waals surface area contributed by atoms with Gasteiger partial charge in [-0.05, 0) is 0 Å². The average Bonchev–Trinajstić information content (AvgIpc) is 2.07. The van der Waals surface area contributed by atoms with Gasteiger partial charge in [0.2, 0.25) is 0 Å². The average molecular weight is 351 g/mol. The standard InChI is InChI=1S/C8H17NO10S2/c10-6(4-20(14,15)16)1-9(3-8(12)13)2-7(11)5-21(17,18)19/h6-7,10-11H,1-5H2,(H,12,13)(H,14,15,16)(H,17,18,19). The summed E-state index contributed by atoms with van der Waals surface area (Å²) < 4.78 is 59.3. The Morgan fingerprint density at radius 2 is 1.24 bits per heavy atom. The molecule has 0 saturated carbocycles. The second-order valence-corrected chi connectivity index (χ2v) is 7.39. The van der Waals surface area contributed by atoms with Crippen molar-refractivity contribution in [3.8, 4) is 0 Å². The zero-order valence-electron chi connectivity index (χ0n) is 10.7. The lowest BCUT2D eigenvalue weighted by atomic mass is 10.3. The summed E-state index contributed by atoms with van der Waals surface area (Å²) in [5, 5.41) is 27.4. The number of carboxylic acids is 1. The molecule has 13 heteroatoms. The van der Waals surface area contributed by atoms with Gasteiger partial charge in [-0.3, -0.25) is 18.8 Å². The molecule has 0 aliphatic heterocycles. The van der Waals surface area contributed by atoms with Gasteiger partial charge in [-0.1, -0.05) is 0 Å². The lowest BCUT2D eigenvalue weighted by Gasteiger charge is -2.24. The Kier molecular flexibility index (Phi) is 7.66. The van der Waals surface area contributed by atoms with Crippen LogP contribution in [0.5, 0.6) is 0 Å².